The number of amides is 2. The molecular formula is C18H24N2O6. The Balaban J connectivity index is 1.86. The average Bonchev–Trinajstić information content (AvgIpc) is 2.62. The number of methoxy groups -OCH3 is 1. The number of aliphatic carboxylic acids is 1. The second kappa shape index (κ2) is 9.07. The van der Waals surface area contributed by atoms with Crippen LogP contribution in [0.5, 0.6) is 5.75 Å². The molecule has 8 heteroatoms. The molecule has 2 rings (SSSR count). The zero-order valence-corrected chi connectivity index (χ0v) is 14.9. The van der Waals surface area contributed by atoms with E-state index in [-0.39, 0.29) is 37.5 Å². The highest BCUT2D eigenvalue weighted by Crippen LogP contribution is 2.23. The molecule has 0 bridgehead atoms. The van der Waals surface area contributed by atoms with Crippen molar-refractivity contribution in [3.05, 3.63) is 24.3 Å². The summed E-state index contributed by atoms with van der Waals surface area (Å²) in [6, 6.07) is 6.43. The first kappa shape index (κ1) is 19.6. The third-order valence-corrected chi connectivity index (χ3v) is 4.20. The van der Waals surface area contributed by atoms with Crippen molar-refractivity contribution < 1.29 is 29.0 Å². The van der Waals surface area contributed by atoms with Crippen LogP contribution >= 0.6 is 0 Å². The number of hydrogen-bond donors (Lipinski definition) is 2. The van der Waals surface area contributed by atoms with Gasteiger partial charge in [0.25, 0.3) is 0 Å². The topological polar surface area (TPSA) is 105 Å². The fraction of sp³-hybridized carbons (Fsp3) is 0.500. The van der Waals surface area contributed by atoms with Gasteiger partial charge in [0.1, 0.15) is 5.75 Å². The third kappa shape index (κ3) is 5.65. The molecule has 0 radical (unpaired) electrons. The van der Waals surface area contributed by atoms with Crippen molar-refractivity contribution in [2.45, 2.75) is 19.8 Å². The minimum atomic E-state index is -0.872. The predicted molar refractivity (Wildman–Crippen MR) is 94.1 cm³/mol. The first-order valence-corrected chi connectivity index (χ1v) is 8.47. The molecule has 8 nitrogen and oxygen atoms in total. The number of carbonyl (C=O) groups excluding carboxylic acids is 2. The Hall–Kier alpha value is -2.77. The summed E-state index contributed by atoms with van der Waals surface area (Å²) in [4.78, 5) is 36.2. The molecule has 0 saturated carbocycles. The number of urea groups is 1. The van der Waals surface area contributed by atoms with Crippen molar-refractivity contribution in [1.29, 1.82) is 0 Å². The van der Waals surface area contributed by atoms with Crippen LogP contribution < -0.4 is 10.1 Å². The third-order valence-electron chi connectivity index (χ3n) is 4.20. The largest absolute Gasteiger partial charge is 0.493 e. The molecule has 1 saturated heterocycles. The van der Waals surface area contributed by atoms with E-state index in [4.69, 9.17) is 4.74 Å². The van der Waals surface area contributed by atoms with E-state index < -0.39 is 11.9 Å². The molecule has 0 aromatic heterocycles. The van der Waals surface area contributed by atoms with Crippen LogP contribution in [0.4, 0.5) is 10.5 Å². The van der Waals surface area contributed by atoms with Gasteiger partial charge in [-0.05, 0) is 36.6 Å². The van der Waals surface area contributed by atoms with Gasteiger partial charge in [-0.1, -0.05) is 6.92 Å². The van der Waals surface area contributed by atoms with Crippen LogP contribution in [-0.4, -0.2) is 54.8 Å². The maximum absolute atomic E-state index is 12.4. The van der Waals surface area contributed by atoms with E-state index in [9.17, 15) is 19.5 Å². The molecule has 1 aliphatic rings. The number of rotatable bonds is 6. The highest BCUT2D eigenvalue weighted by molar-refractivity contribution is 5.89. The summed E-state index contributed by atoms with van der Waals surface area (Å²) in [5.74, 6) is -1.03. The number of esters is 1. The molecule has 1 aromatic carbocycles. The van der Waals surface area contributed by atoms with E-state index in [1.54, 1.807) is 24.3 Å². The Bertz CT molecular complexity index is 646. The number of anilines is 1. The molecular weight excluding hydrogens is 340 g/mol. The number of carboxylic acid groups (broad SMARTS) is 1. The minimum absolute atomic E-state index is 0.140. The molecule has 0 aliphatic carbocycles. The Morgan fingerprint density at radius 2 is 1.92 bits per heavy atom. The molecule has 1 aromatic rings. The summed E-state index contributed by atoms with van der Waals surface area (Å²) < 4.78 is 9.95. The number of hydrogen-bond acceptors (Lipinski definition) is 5. The van der Waals surface area contributed by atoms with Crippen LogP contribution in [0, 0.1) is 11.8 Å². The summed E-state index contributed by atoms with van der Waals surface area (Å²) in [5.41, 5.74) is 0.584. The van der Waals surface area contributed by atoms with Crippen molar-refractivity contribution in [2.24, 2.45) is 11.8 Å². The van der Waals surface area contributed by atoms with Crippen LogP contribution in [0.3, 0.4) is 0 Å². The second-order valence-corrected chi connectivity index (χ2v) is 6.41. The number of nitrogens with one attached hydrogen (secondary N) is 1. The van der Waals surface area contributed by atoms with Gasteiger partial charge in [-0.15, -0.1) is 0 Å². The van der Waals surface area contributed by atoms with Crippen molar-refractivity contribution in [3.8, 4) is 5.75 Å². The summed E-state index contributed by atoms with van der Waals surface area (Å²) in [6.45, 7) is 2.89. The molecule has 1 fully saturated rings. The van der Waals surface area contributed by atoms with E-state index in [1.807, 2.05) is 6.92 Å². The highest BCUT2D eigenvalue weighted by Gasteiger charge is 2.31. The van der Waals surface area contributed by atoms with Gasteiger partial charge in [0.05, 0.1) is 26.1 Å². The molecule has 2 N–H and O–H groups in total. The SMILES string of the molecule is COC(=O)CCOc1ccc(NC(=O)N2CC(C)CC(C(=O)O)C2)cc1. The van der Waals surface area contributed by atoms with Crippen LogP contribution in [0.25, 0.3) is 0 Å². The zero-order valence-electron chi connectivity index (χ0n) is 14.9. The van der Waals surface area contributed by atoms with Crippen LogP contribution in [0.1, 0.15) is 19.8 Å². The summed E-state index contributed by atoms with van der Waals surface area (Å²) in [5, 5.41) is 12.0. The molecule has 2 atom stereocenters. The summed E-state index contributed by atoms with van der Waals surface area (Å²) >= 11 is 0. The fourth-order valence-electron chi connectivity index (χ4n) is 2.89. The van der Waals surface area contributed by atoms with Gasteiger partial charge >= 0.3 is 18.0 Å². The lowest BCUT2D eigenvalue weighted by Gasteiger charge is -2.34. The molecule has 0 spiro atoms. The van der Waals surface area contributed by atoms with Gasteiger partial charge in [0.15, 0.2) is 0 Å². The van der Waals surface area contributed by atoms with Crippen molar-refractivity contribution in [2.75, 3.05) is 32.1 Å². The van der Waals surface area contributed by atoms with Crippen LogP contribution in [-0.2, 0) is 14.3 Å². The van der Waals surface area contributed by atoms with Gasteiger partial charge in [0.2, 0.25) is 0 Å². The fourth-order valence-corrected chi connectivity index (χ4v) is 2.89. The summed E-state index contributed by atoms with van der Waals surface area (Å²) in [6.07, 6.45) is 0.740. The summed E-state index contributed by atoms with van der Waals surface area (Å²) in [7, 11) is 1.32. The molecule has 1 aliphatic heterocycles. The van der Waals surface area contributed by atoms with E-state index in [2.05, 4.69) is 10.1 Å². The predicted octanol–water partition coefficient (Wildman–Crippen LogP) is 2.20. The number of ether oxygens (including phenoxy) is 2. The Labute approximate surface area is 152 Å². The molecule has 142 valence electrons. The van der Waals surface area contributed by atoms with Gasteiger partial charge in [-0.25, -0.2) is 4.79 Å². The molecule has 2 unspecified atom stereocenters. The van der Waals surface area contributed by atoms with Gasteiger partial charge in [-0.3, -0.25) is 9.59 Å². The van der Waals surface area contributed by atoms with E-state index >= 15 is 0 Å². The number of nitrogens with zero attached hydrogens (tertiary/aromatic N) is 1. The quantitative estimate of drug-likeness (QED) is 0.750. The number of piperidine rings is 1. The van der Waals surface area contributed by atoms with Gasteiger partial charge in [-0.2, -0.15) is 0 Å². The second-order valence-electron chi connectivity index (χ2n) is 6.41. The Kier molecular flexibility index (Phi) is 6.82. The van der Waals surface area contributed by atoms with Gasteiger partial charge in [0, 0.05) is 18.8 Å². The lowest BCUT2D eigenvalue weighted by molar-refractivity contribution is -0.144. The van der Waals surface area contributed by atoms with Crippen molar-refractivity contribution in [3.63, 3.8) is 0 Å². The maximum atomic E-state index is 12.4. The Morgan fingerprint density at radius 3 is 2.54 bits per heavy atom. The van der Waals surface area contributed by atoms with Crippen molar-refractivity contribution >= 4 is 23.7 Å². The minimum Gasteiger partial charge on any atom is -0.493 e. The van der Waals surface area contributed by atoms with Crippen LogP contribution in [0.15, 0.2) is 24.3 Å². The standard InChI is InChI=1S/C18H24N2O6/c1-12-9-13(17(22)23)11-20(10-12)18(24)19-14-3-5-15(6-4-14)26-8-7-16(21)25-2/h3-6,12-13H,7-11H2,1-2H3,(H,19,24)(H,22,23). The highest BCUT2D eigenvalue weighted by atomic mass is 16.5. The first-order chi connectivity index (χ1) is 12.4. The Morgan fingerprint density at radius 1 is 1.23 bits per heavy atom. The number of likely N-dealkylation sites (tertiary alicyclic amines) is 1. The molecule has 1 heterocycles. The van der Waals surface area contributed by atoms with E-state index in [0.29, 0.717) is 24.4 Å². The average molecular weight is 364 g/mol. The van der Waals surface area contributed by atoms with Crippen molar-refractivity contribution in [1.82, 2.24) is 4.90 Å². The molecule has 26 heavy (non-hydrogen) atoms. The van der Waals surface area contributed by atoms with Gasteiger partial charge < -0.3 is 24.8 Å². The number of benzene rings is 1. The lowest BCUT2D eigenvalue weighted by Crippen LogP contribution is -2.47. The maximum Gasteiger partial charge on any atom is 0.321 e. The number of carbonyl (C=O) groups is 3. The zero-order chi connectivity index (χ0) is 19.1. The lowest BCUT2D eigenvalue weighted by atomic mass is 9.91. The van der Waals surface area contributed by atoms with E-state index in [1.165, 1.54) is 12.0 Å². The smallest absolute Gasteiger partial charge is 0.321 e. The monoisotopic (exact) mass is 364 g/mol. The first-order valence-electron chi connectivity index (χ1n) is 8.47. The molecule has 2 amide bonds. The normalized spacial score (nSPS) is 19.5. The van der Waals surface area contributed by atoms with E-state index in [0.717, 1.165) is 0 Å². The van der Waals surface area contributed by atoms with Crippen LogP contribution in [0.2, 0.25) is 0 Å². The number of carboxylic acids is 1.